The van der Waals surface area contributed by atoms with Gasteiger partial charge < -0.3 is 10.2 Å². The highest BCUT2D eigenvalue weighted by Gasteiger charge is 2.48. The second-order valence-corrected chi connectivity index (χ2v) is 7.72. The van der Waals surface area contributed by atoms with Gasteiger partial charge in [0.05, 0.1) is 0 Å². The van der Waals surface area contributed by atoms with Crippen molar-refractivity contribution in [2.24, 2.45) is 11.8 Å². The highest BCUT2D eigenvalue weighted by atomic mass is 19.4. The summed E-state index contributed by atoms with van der Waals surface area (Å²) < 4.78 is 41.2. The molecule has 1 saturated heterocycles. The third kappa shape index (κ3) is 3.68. The van der Waals surface area contributed by atoms with Crippen LogP contribution in [0.4, 0.5) is 19.1 Å². The number of hydrogen-bond acceptors (Lipinski definition) is 4. The lowest BCUT2D eigenvalue weighted by atomic mass is 9.84. The third-order valence-electron chi connectivity index (χ3n) is 6.08. The Morgan fingerprint density at radius 3 is 2.63 bits per heavy atom. The molecule has 148 valence electrons. The van der Waals surface area contributed by atoms with E-state index in [4.69, 9.17) is 0 Å². The normalized spacial score (nSPS) is 29.3. The Hall–Kier alpha value is -2.06. The molecule has 0 bridgehead atoms. The van der Waals surface area contributed by atoms with E-state index in [9.17, 15) is 18.0 Å². The lowest BCUT2D eigenvalue weighted by molar-refractivity contribution is -0.174. The van der Waals surface area contributed by atoms with Crippen molar-refractivity contribution in [1.29, 1.82) is 0 Å². The predicted octanol–water partition coefficient (Wildman–Crippen LogP) is 3.16. The maximum absolute atomic E-state index is 13.4. The minimum atomic E-state index is -4.35. The Labute approximate surface area is 155 Å². The van der Waals surface area contributed by atoms with E-state index >= 15 is 0 Å². The number of aromatic nitrogens is 3. The van der Waals surface area contributed by atoms with Crippen LogP contribution < -0.4 is 5.32 Å². The number of alkyl halides is 3. The molecule has 1 aromatic rings. The number of nitrogens with zero attached hydrogens (tertiary/aromatic N) is 4. The van der Waals surface area contributed by atoms with Gasteiger partial charge in [-0.05, 0) is 44.4 Å². The monoisotopic (exact) mass is 383 g/mol. The van der Waals surface area contributed by atoms with Crippen molar-refractivity contribution in [2.75, 3.05) is 18.4 Å². The molecule has 4 rings (SSSR count). The molecule has 3 aliphatic rings. The van der Waals surface area contributed by atoms with Gasteiger partial charge in [-0.3, -0.25) is 4.79 Å². The lowest BCUT2D eigenvalue weighted by Crippen LogP contribution is -2.48. The fourth-order valence-corrected chi connectivity index (χ4v) is 4.53. The van der Waals surface area contributed by atoms with E-state index in [0.717, 1.165) is 30.3 Å². The second-order valence-electron chi connectivity index (χ2n) is 7.72. The summed E-state index contributed by atoms with van der Waals surface area (Å²) in [6.07, 6.45) is 4.99. The number of nitrogens with one attached hydrogen (secondary N) is 1. The van der Waals surface area contributed by atoms with Gasteiger partial charge in [0.1, 0.15) is 6.33 Å². The molecule has 1 aliphatic carbocycles. The molecule has 0 radical (unpaired) electrons. The fourth-order valence-electron chi connectivity index (χ4n) is 4.53. The molecule has 1 fully saturated rings. The molecular weight excluding hydrogens is 359 g/mol. The van der Waals surface area contributed by atoms with Crippen molar-refractivity contribution >= 4 is 11.9 Å². The summed E-state index contributed by atoms with van der Waals surface area (Å²) >= 11 is 0. The SMILES string of the molecule is O=C([C@H]1CC=CCC1)N1CCC([C@@H]2C[C@H](C(F)(F)F)n3ncnc3N2)CC1. The Kier molecular flexibility index (Phi) is 4.86. The first-order valence-corrected chi connectivity index (χ1v) is 9.60. The molecule has 6 nitrogen and oxygen atoms in total. The summed E-state index contributed by atoms with van der Waals surface area (Å²) in [5, 5.41) is 6.87. The standard InChI is InChI=1S/C18H24F3N5O/c19-18(20,21)15-10-14(24-17-22-11-23-26(15)17)12-6-8-25(9-7-12)16(27)13-4-2-1-3-5-13/h1-2,11-15H,3-10H2,(H,22,23,24)/t13-,14-,15+/m0/s1. The molecule has 0 saturated carbocycles. The van der Waals surface area contributed by atoms with E-state index in [-0.39, 0.29) is 36.2 Å². The van der Waals surface area contributed by atoms with Crippen LogP contribution in [0.2, 0.25) is 0 Å². The summed E-state index contributed by atoms with van der Waals surface area (Å²) in [7, 11) is 0. The van der Waals surface area contributed by atoms with E-state index in [1.807, 2.05) is 4.90 Å². The van der Waals surface area contributed by atoms with Gasteiger partial charge in [0, 0.05) is 25.0 Å². The van der Waals surface area contributed by atoms with Crippen LogP contribution in [0.5, 0.6) is 0 Å². The first-order chi connectivity index (χ1) is 12.9. The van der Waals surface area contributed by atoms with Crippen molar-refractivity contribution in [1.82, 2.24) is 19.7 Å². The molecular formula is C18H24F3N5O. The molecule has 0 aromatic carbocycles. The number of piperidine rings is 1. The van der Waals surface area contributed by atoms with Gasteiger partial charge >= 0.3 is 6.18 Å². The minimum Gasteiger partial charge on any atom is -0.351 e. The van der Waals surface area contributed by atoms with Crippen LogP contribution in [-0.2, 0) is 4.79 Å². The number of halogens is 3. The quantitative estimate of drug-likeness (QED) is 0.797. The predicted molar refractivity (Wildman–Crippen MR) is 92.9 cm³/mol. The van der Waals surface area contributed by atoms with E-state index in [0.29, 0.717) is 25.9 Å². The summed E-state index contributed by atoms with van der Waals surface area (Å²) in [6, 6.07) is -1.95. The number of rotatable bonds is 2. The van der Waals surface area contributed by atoms with Crippen LogP contribution >= 0.6 is 0 Å². The largest absolute Gasteiger partial charge is 0.411 e. The number of fused-ring (bicyclic) bond motifs is 1. The van der Waals surface area contributed by atoms with Crippen molar-refractivity contribution in [2.45, 2.75) is 56.8 Å². The average Bonchev–Trinajstić information content (AvgIpc) is 3.15. The maximum atomic E-state index is 13.4. The van der Waals surface area contributed by atoms with Crippen molar-refractivity contribution in [3.63, 3.8) is 0 Å². The second kappa shape index (κ2) is 7.16. The summed E-state index contributed by atoms with van der Waals surface area (Å²) in [5.41, 5.74) is 0. The van der Waals surface area contributed by atoms with Crippen molar-refractivity contribution in [3.05, 3.63) is 18.5 Å². The highest BCUT2D eigenvalue weighted by Crippen LogP contribution is 2.41. The molecule has 0 spiro atoms. The van der Waals surface area contributed by atoms with Crippen LogP contribution in [0.25, 0.3) is 0 Å². The number of anilines is 1. The number of hydrogen-bond donors (Lipinski definition) is 1. The molecule has 3 heterocycles. The van der Waals surface area contributed by atoms with Gasteiger partial charge in [-0.1, -0.05) is 12.2 Å². The number of likely N-dealkylation sites (tertiary alicyclic amines) is 1. The fraction of sp³-hybridized carbons (Fsp3) is 0.722. The molecule has 27 heavy (non-hydrogen) atoms. The third-order valence-corrected chi connectivity index (χ3v) is 6.08. The van der Waals surface area contributed by atoms with Crippen LogP contribution in [0.1, 0.15) is 44.6 Å². The van der Waals surface area contributed by atoms with Gasteiger partial charge in [0.2, 0.25) is 11.9 Å². The maximum Gasteiger partial charge on any atom is 0.411 e. The molecule has 9 heteroatoms. The number of amides is 1. The zero-order valence-corrected chi connectivity index (χ0v) is 15.0. The zero-order chi connectivity index (χ0) is 19.0. The Morgan fingerprint density at radius 1 is 1.19 bits per heavy atom. The van der Waals surface area contributed by atoms with Crippen LogP contribution in [0.3, 0.4) is 0 Å². The number of carbonyl (C=O) groups excluding carboxylic acids is 1. The molecule has 2 aliphatic heterocycles. The Balaban J connectivity index is 1.38. The van der Waals surface area contributed by atoms with Crippen molar-refractivity contribution < 1.29 is 18.0 Å². The molecule has 3 atom stereocenters. The van der Waals surface area contributed by atoms with E-state index < -0.39 is 12.2 Å². The van der Waals surface area contributed by atoms with E-state index in [1.165, 1.54) is 0 Å². The van der Waals surface area contributed by atoms with E-state index in [2.05, 4.69) is 27.6 Å². The molecule has 1 aromatic heterocycles. The summed E-state index contributed by atoms with van der Waals surface area (Å²) in [6.45, 7) is 1.23. The molecule has 0 unspecified atom stereocenters. The first kappa shape index (κ1) is 18.3. The van der Waals surface area contributed by atoms with Gasteiger partial charge in [-0.25, -0.2) is 4.68 Å². The summed E-state index contributed by atoms with van der Waals surface area (Å²) in [4.78, 5) is 18.5. The highest BCUT2D eigenvalue weighted by molar-refractivity contribution is 5.79. The molecule has 1 amide bonds. The van der Waals surface area contributed by atoms with Crippen LogP contribution in [0, 0.1) is 11.8 Å². The number of allylic oxidation sites excluding steroid dienone is 2. The van der Waals surface area contributed by atoms with Gasteiger partial charge in [0.15, 0.2) is 6.04 Å². The Morgan fingerprint density at radius 2 is 1.96 bits per heavy atom. The van der Waals surface area contributed by atoms with Crippen LogP contribution in [-0.4, -0.2) is 50.9 Å². The van der Waals surface area contributed by atoms with Gasteiger partial charge in [0.25, 0.3) is 0 Å². The lowest BCUT2D eigenvalue weighted by Gasteiger charge is -2.41. The van der Waals surface area contributed by atoms with Gasteiger partial charge in [-0.2, -0.15) is 23.3 Å². The van der Waals surface area contributed by atoms with Crippen molar-refractivity contribution in [3.8, 4) is 0 Å². The van der Waals surface area contributed by atoms with Crippen LogP contribution in [0.15, 0.2) is 18.5 Å². The molecule has 1 N–H and O–H groups in total. The minimum absolute atomic E-state index is 0.0497. The van der Waals surface area contributed by atoms with Gasteiger partial charge in [-0.15, -0.1) is 0 Å². The Bertz CT molecular complexity index is 708. The zero-order valence-electron chi connectivity index (χ0n) is 15.0. The summed E-state index contributed by atoms with van der Waals surface area (Å²) in [5.74, 6) is 0.534. The number of carbonyl (C=O) groups is 1. The topological polar surface area (TPSA) is 63.1 Å². The first-order valence-electron chi connectivity index (χ1n) is 9.60. The van der Waals surface area contributed by atoms with E-state index in [1.54, 1.807) is 0 Å². The average molecular weight is 383 g/mol. The smallest absolute Gasteiger partial charge is 0.351 e.